The van der Waals surface area contributed by atoms with Crippen molar-refractivity contribution in [2.45, 2.75) is 26.4 Å². The molecule has 25 heavy (non-hydrogen) atoms. The summed E-state index contributed by atoms with van der Waals surface area (Å²) in [6.45, 7) is 3.63. The normalized spacial score (nSPS) is 17.3. The molecule has 2 aromatic rings. The third-order valence-electron chi connectivity index (χ3n) is 4.25. The second kappa shape index (κ2) is 7.38. The number of furan rings is 1. The van der Waals surface area contributed by atoms with Crippen LogP contribution in [0.5, 0.6) is 5.75 Å². The first kappa shape index (κ1) is 17.0. The van der Waals surface area contributed by atoms with Crippen LogP contribution in [0, 0.1) is 16.0 Å². The number of carbonyl (C=O) groups excluding carboxylic acids is 1. The first-order valence-corrected chi connectivity index (χ1v) is 8.29. The molecule has 7 nitrogen and oxygen atoms in total. The molecule has 1 saturated heterocycles. The van der Waals surface area contributed by atoms with Gasteiger partial charge in [0.2, 0.25) is 0 Å². The second-order valence-corrected chi connectivity index (χ2v) is 6.28. The molecule has 1 fully saturated rings. The Morgan fingerprint density at radius 3 is 2.92 bits per heavy atom. The van der Waals surface area contributed by atoms with Crippen molar-refractivity contribution >= 4 is 11.6 Å². The number of carbonyl (C=O) groups is 1. The van der Waals surface area contributed by atoms with E-state index >= 15 is 0 Å². The topological polar surface area (TPSA) is 85.8 Å². The molecule has 0 radical (unpaired) electrons. The van der Waals surface area contributed by atoms with Crippen molar-refractivity contribution in [2.24, 2.45) is 5.92 Å². The van der Waals surface area contributed by atoms with Crippen LogP contribution in [-0.4, -0.2) is 28.8 Å². The zero-order valence-electron chi connectivity index (χ0n) is 14.0. The van der Waals surface area contributed by atoms with Crippen molar-refractivity contribution in [3.8, 4) is 5.75 Å². The van der Waals surface area contributed by atoms with E-state index in [1.165, 1.54) is 12.1 Å². The van der Waals surface area contributed by atoms with Gasteiger partial charge in [-0.05, 0) is 37.0 Å². The Labute approximate surface area is 145 Å². The van der Waals surface area contributed by atoms with E-state index < -0.39 is 4.92 Å². The molecule has 1 aliphatic heterocycles. The summed E-state index contributed by atoms with van der Waals surface area (Å²) in [5.74, 6) is 1.26. The highest BCUT2D eigenvalue weighted by Gasteiger charge is 2.24. The molecule has 1 atom stereocenters. The van der Waals surface area contributed by atoms with Gasteiger partial charge in [0.1, 0.15) is 12.4 Å². The summed E-state index contributed by atoms with van der Waals surface area (Å²) in [6, 6.07) is 9.44. The smallest absolute Gasteiger partial charge is 0.310 e. The van der Waals surface area contributed by atoms with Crippen LogP contribution < -0.4 is 4.74 Å². The number of ether oxygens (including phenoxy) is 1. The van der Waals surface area contributed by atoms with Crippen LogP contribution in [0.3, 0.4) is 0 Å². The molecule has 1 aliphatic rings. The van der Waals surface area contributed by atoms with E-state index in [2.05, 4.69) is 6.92 Å². The summed E-state index contributed by atoms with van der Waals surface area (Å²) in [7, 11) is 0. The van der Waals surface area contributed by atoms with Crippen LogP contribution in [0.1, 0.15) is 36.1 Å². The number of nitro groups is 1. The standard InChI is InChI=1S/C18H20N2O5/c1-13-5-4-10-19(11-13)18(21)17-9-8-14(25-17)12-24-16-7-3-2-6-15(16)20(22)23/h2-3,6-9,13H,4-5,10-12H2,1H3. The van der Waals surface area contributed by atoms with E-state index in [1.807, 2.05) is 0 Å². The van der Waals surface area contributed by atoms with E-state index in [0.717, 1.165) is 25.9 Å². The number of hydrogen-bond acceptors (Lipinski definition) is 5. The molecule has 1 amide bonds. The van der Waals surface area contributed by atoms with Crippen molar-refractivity contribution in [3.05, 3.63) is 58.0 Å². The Balaban J connectivity index is 1.64. The van der Waals surface area contributed by atoms with Gasteiger partial charge in [-0.3, -0.25) is 14.9 Å². The van der Waals surface area contributed by atoms with E-state index in [-0.39, 0.29) is 29.7 Å². The zero-order chi connectivity index (χ0) is 17.8. The lowest BCUT2D eigenvalue weighted by molar-refractivity contribution is -0.386. The van der Waals surface area contributed by atoms with Crippen LogP contribution in [-0.2, 0) is 6.61 Å². The van der Waals surface area contributed by atoms with E-state index in [1.54, 1.807) is 29.2 Å². The van der Waals surface area contributed by atoms with Crippen molar-refractivity contribution < 1.29 is 18.9 Å². The van der Waals surface area contributed by atoms with Crippen LogP contribution in [0.4, 0.5) is 5.69 Å². The molecule has 0 aliphatic carbocycles. The summed E-state index contributed by atoms with van der Waals surface area (Å²) in [6.07, 6.45) is 2.14. The van der Waals surface area contributed by atoms with Crippen LogP contribution in [0.25, 0.3) is 0 Å². The highest BCUT2D eigenvalue weighted by molar-refractivity contribution is 5.91. The van der Waals surface area contributed by atoms with E-state index in [0.29, 0.717) is 11.7 Å². The number of piperidine rings is 1. The van der Waals surface area contributed by atoms with Gasteiger partial charge in [0, 0.05) is 19.2 Å². The Bertz CT molecular complexity index is 770. The lowest BCUT2D eigenvalue weighted by atomic mass is 10.0. The number of nitro benzene ring substituents is 1. The number of hydrogen-bond donors (Lipinski definition) is 0. The van der Waals surface area contributed by atoms with Gasteiger partial charge in [0.25, 0.3) is 5.91 Å². The summed E-state index contributed by atoms with van der Waals surface area (Å²) in [4.78, 5) is 24.8. The fourth-order valence-corrected chi connectivity index (χ4v) is 2.98. The maximum atomic E-state index is 12.5. The molecule has 0 saturated carbocycles. The van der Waals surface area contributed by atoms with Gasteiger partial charge in [-0.25, -0.2) is 0 Å². The molecular weight excluding hydrogens is 324 g/mol. The minimum atomic E-state index is -0.496. The summed E-state index contributed by atoms with van der Waals surface area (Å²) >= 11 is 0. The Kier molecular flexibility index (Phi) is 5.02. The number of para-hydroxylation sites is 2. The highest BCUT2D eigenvalue weighted by atomic mass is 16.6. The van der Waals surface area contributed by atoms with Crippen molar-refractivity contribution in [3.63, 3.8) is 0 Å². The number of amides is 1. The third-order valence-corrected chi connectivity index (χ3v) is 4.25. The number of nitrogens with zero attached hydrogens (tertiary/aromatic N) is 2. The van der Waals surface area contributed by atoms with Crippen molar-refractivity contribution in [2.75, 3.05) is 13.1 Å². The molecule has 132 valence electrons. The number of likely N-dealkylation sites (tertiary alicyclic amines) is 1. The average Bonchev–Trinajstić information content (AvgIpc) is 3.08. The van der Waals surface area contributed by atoms with E-state index in [9.17, 15) is 14.9 Å². The lowest BCUT2D eigenvalue weighted by Gasteiger charge is -2.30. The van der Waals surface area contributed by atoms with Gasteiger partial charge in [0.05, 0.1) is 4.92 Å². The van der Waals surface area contributed by atoms with Gasteiger partial charge >= 0.3 is 5.69 Å². The summed E-state index contributed by atoms with van der Waals surface area (Å²) in [5, 5.41) is 11.0. The van der Waals surface area contributed by atoms with Crippen LogP contribution in [0.2, 0.25) is 0 Å². The minimum absolute atomic E-state index is 0.0224. The molecule has 1 aromatic carbocycles. The molecule has 0 N–H and O–H groups in total. The lowest BCUT2D eigenvalue weighted by Crippen LogP contribution is -2.38. The molecule has 2 heterocycles. The summed E-state index contributed by atoms with van der Waals surface area (Å²) in [5.41, 5.74) is -0.104. The highest BCUT2D eigenvalue weighted by Crippen LogP contribution is 2.27. The molecule has 3 rings (SSSR count). The summed E-state index contributed by atoms with van der Waals surface area (Å²) < 4.78 is 11.0. The Hall–Kier alpha value is -2.83. The maximum Gasteiger partial charge on any atom is 0.310 e. The van der Waals surface area contributed by atoms with Gasteiger partial charge in [-0.1, -0.05) is 19.1 Å². The van der Waals surface area contributed by atoms with Crippen LogP contribution in [0.15, 0.2) is 40.8 Å². The number of rotatable bonds is 5. The van der Waals surface area contributed by atoms with Crippen LogP contribution >= 0.6 is 0 Å². The molecule has 0 spiro atoms. The van der Waals surface area contributed by atoms with Gasteiger partial charge in [0.15, 0.2) is 11.5 Å². The molecule has 1 unspecified atom stereocenters. The van der Waals surface area contributed by atoms with Gasteiger partial charge in [-0.15, -0.1) is 0 Å². The predicted octanol–water partition coefficient (Wildman–Crippen LogP) is 3.64. The maximum absolute atomic E-state index is 12.5. The Morgan fingerprint density at radius 2 is 2.16 bits per heavy atom. The Morgan fingerprint density at radius 1 is 1.36 bits per heavy atom. The third kappa shape index (κ3) is 3.99. The molecule has 0 bridgehead atoms. The first-order valence-electron chi connectivity index (χ1n) is 8.29. The van der Waals surface area contributed by atoms with Crippen molar-refractivity contribution in [1.82, 2.24) is 4.90 Å². The van der Waals surface area contributed by atoms with E-state index in [4.69, 9.17) is 9.15 Å². The fourth-order valence-electron chi connectivity index (χ4n) is 2.98. The van der Waals surface area contributed by atoms with Gasteiger partial charge in [-0.2, -0.15) is 0 Å². The predicted molar refractivity (Wildman–Crippen MR) is 90.4 cm³/mol. The SMILES string of the molecule is CC1CCCN(C(=O)c2ccc(COc3ccccc3[N+](=O)[O-])o2)C1. The molecule has 1 aromatic heterocycles. The minimum Gasteiger partial charge on any atom is -0.479 e. The molecular formula is C18H20N2O5. The monoisotopic (exact) mass is 344 g/mol. The van der Waals surface area contributed by atoms with Gasteiger partial charge < -0.3 is 14.1 Å². The largest absolute Gasteiger partial charge is 0.479 e. The molecule has 7 heteroatoms. The number of benzene rings is 1. The average molecular weight is 344 g/mol. The zero-order valence-corrected chi connectivity index (χ0v) is 14.0. The first-order chi connectivity index (χ1) is 12.0. The fraction of sp³-hybridized carbons (Fsp3) is 0.389. The van der Waals surface area contributed by atoms with Crippen molar-refractivity contribution in [1.29, 1.82) is 0 Å². The second-order valence-electron chi connectivity index (χ2n) is 6.28. The quantitative estimate of drug-likeness (QED) is 0.610.